The lowest BCUT2D eigenvalue weighted by atomic mass is 10.1. The van der Waals surface area contributed by atoms with E-state index < -0.39 is 23.9 Å². The van der Waals surface area contributed by atoms with Crippen LogP contribution in [0.25, 0.3) is 0 Å². The normalized spacial score (nSPS) is 15.6. The molecule has 1 fully saturated rings. The van der Waals surface area contributed by atoms with Gasteiger partial charge < -0.3 is 4.74 Å². The highest BCUT2D eigenvalue weighted by Gasteiger charge is 2.46. The molecule has 0 spiro atoms. The van der Waals surface area contributed by atoms with E-state index in [0.29, 0.717) is 5.75 Å². The largest absolute Gasteiger partial charge is 0.492 e. The van der Waals surface area contributed by atoms with Gasteiger partial charge in [0.05, 0.1) is 12.6 Å². The molecule has 0 N–H and O–H groups in total. The Morgan fingerprint density at radius 3 is 2.12 bits per heavy atom. The fourth-order valence-electron chi connectivity index (χ4n) is 2.71. The highest BCUT2D eigenvalue weighted by atomic mass is 16.5. The summed E-state index contributed by atoms with van der Waals surface area (Å²) in [4.78, 5) is 38.9. The van der Waals surface area contributed by atoms with Crippen LogP contribution in [0, 0.1) is 0 Å². The van der Waals surface area contributed by atoms with E-state index >= 15 is 0 Å². The van der Waals surface area contributed by atoms with Crippen molar-refractivity contribution in [3.05, 3.63) is 66.2 Å². The van der Waals surface area contributed by atoms with Crippen LogP contribution in [0.5, 0.6) is 5.75 Å². The number of benzene rings is 2. The summed E-state index contributed by atoms with van der Waals surface area (Å²) >= 11 is 0. The first kappa shape index (κ1) is 16.7. The smallest absolute Gasteiger partial charge is 0.334 e. The molecule has 128 valence electrons. The number of amides is 4. The highest BCUT2D eigenvalue weighted by Crippen LogP contribution is 2.26. The van der Waals surface area contributed by atoms with Crippen LogP contribution in [0.1, 0.15) is 18.5 Å². The Morgan fingerprint density at radius 2 is 1.48 bits per heavy atom. The summed E-state index contributed by atoms with van der Waals surface area (Å²) in [6.45, 7) is 1.88. The summed E-state index contributed by atoms with van der Waals surface area (Å²) in [7, 11) is 0. The van der Waals surface area contributed by atoms with Crippen LogP contribution < -0.4 is 4.74 Å². The van der Waals surface area contributed by atoms with Crippen LogP contribution in [0.15, 0.2) is 60.7 Å². The molecule has 1 atom stereocenters. The summed E-state index contributed by atoms with van der Waals surface area (Å²) < 4.78 is 5.50. The van der Waals surface area contributed by atoms with Gasteiger partial charge in [0, 0.05) is 0 Å². The summed E-state index contributed by atoms with van der Waals surface area (Å²) in [6, 6.07) is 17.1. The van der Waals surface area contributed by atoms with E-state index in [1.807, 2.05) is 48.5 Å². The maximum atomic E-state index is 12.5. The number of carbonyl (C=O) groups is 3. The number of hydrogen-bond donors (Lipinski definition) is 0. The number of ether oxygens (including phenoxy) is 1. The van der Waals surface area contributed by atoms with Gasteiger partial charge in [-0.15, -0.1) is 0 Å². The minimum absolute atomic E-state index is 0.0241. The van der Waals surface area contributed by atoms with Gasteiger partial charge in [0.1, 0.15) is 12.4 Å². The van der Waals surface area contributed by atoms with E-state index in [1.165, 1.54) is 0 Å². The third-order valence-corrected chi connectivity index (χ3v) is 4.08. The molecule has 1 aliphatic rings. The molecule has 6 nitrogen and oxygen atoms in total. The molecule has 25 heavy (non-hydrogen) atoms. The predicted molar refractivity (Wildman–Crippen MR) is 90.7 cm³/mol. The van der Waals surface area contributed by atoms with Gasteiger partial charge in [-0.25, -0.2) is 9.69 Å². The number of rotatable bonds is 6. The maximum Gasteiger partial charge on any atom is 0.334 e. The van der Waals surface area contributed by atoms with Crippen molar-refractivity contribution in [1.82, 2.24) is 9.80 Å². The average Bonchev–Trinajstić information content (AvgIpc) is 2.86. The molecule has 0 bridgehead atoms. The van der Waals surface area contributed by atoms with Crippen molar-refractivity contribution in [1.29, 1.82) is 0 Å². The van der Waals surface area contributed by atoms with Crippen molar-refractivity contribution in [2.75, 3.05) is 13.2 Å². The SMILES string of the molecule is CC(c1ccccc1)N1C(=O)C(=O)N(CCOc2ccccc2)C1=O. The molecule has 2 aromatic carbocycles. The number of para-hydroxylation sites is 1. The topological polar surface area (TPSA) is 66.9 Å². The Hall–Kier alpha value is -3.15. The minimum Gasteiger partial charge on any atom is -0.492 e. The first-order chi connectivity index (χ1) is 12.1. The average molecular weight is 338 g/mol. The van der Waals surface area contributed by atoms with Gasteiger partial charge in [0.25, 0.3) is 0 Å². The van der Waals surface area contributed by atoms with Crippen molar-refractivity contribution in [3.8, 4) is 5.75 Å². The molecular formula is C19H18N2O4. The first-order valence-corrected chi connectivity index (χ1v) is 8.01. The predicted octanol–water partition coefficient (Wildman–Crippen LogP) is 2.62. The van der Waals surface area contributed by atoms with Gasteiger partial charge >= 0.3 is 17.8 Å². The van der Waals surface area contributed by atoms with Gasteiger partial charge in [-0.3, -0.25) is 14.5 Å². The van der Waals surface area contributed by atoms with Crippen LogP contribution in [0.3, 0.4) is 0 Å². The van der Waals surface area contributed by atoms with Crippen LogP contribution in [-0.4, -0.2) is 40.8 Å². The third-order valence-electron chi connectivity index (χ3n) is 4.08. The van der Waals surface area contributed by atoms with Gasteiger partial charge in [0.2, 0.25) is 0 Å². The molecule has 0 saturated carbocycles. The maximum absolute atomic E-state index is 12.5. The van der Waals surface area contributed by atoms with Crippen molar-refractivity contribution in [2.24, 2.45) is 0 Å². The first-order valence-electron chi connectivity index (χ1n) is 8.01. The molecule has 1 unspecified atom stereocenters. The molecule has 0 radical (unpaired) electrons. The molecular weight excluding hydrogens is 320 g/mol. The standard InChI is InChI=1S/C19H18N2O4/c1-14(15-8-4-2-5-9-15)21-18(23)17(22)20(19(21)24)12-13-25-16-10-6-3-7-11-16/h2-11,14H,12-13H2,1H3. The van der Waals surface area contributed by atoms with E-state index in [4.69, 9.17) is 4.74 Å². The Kier molecular flexibility index (Phi) is 4.79. The lowest BCUT2D eigenvalue weighted by Crippen LogP contribution is -2.37. The second kappa shape index (κ2) is 7.17. The molecule has 0 aliphatic carbocycles. The summed E-state index contributed by atoms with van der Waals surface area (Å²) in [5, 5.41) is 0. The van der Waals surface area contributed by atoms with E-state index in [9.17, 15) is 14.4 Å². The molecule has 1 aliphatic heterocycles. The monoisotopic (exact) mass is 338 g/mol. The molecule has 4 amide bonds. The van der Waals surface area contributed by atoms with Crippen molar-refractivity contribution in [2.45, 2.75) is 13.0 Å². The molecule has 6 heteroatoms. The molecule has 2 aromatic rings. The van der Waals surface area contributed by atoms with Crippen LogP contribution in [0.2, 0.25) is 0 Å². The van der Waals surface area contributed by atoms with E-state index in [0.717, 1.165) is 15.4 Å². The van der Waals surface area contributed by atoms with E-state index in [1.54, 1.807) is 19.1 Å². The Morgan fingerprint density at radius 1 is 0.880 bits per heavy atom. The van der Waals surface area contributed by atoms with Crippen molar-refractivity contribution in [3.63, 3.8) is 0 Å². The second-order valence-corrected chi connectivity index (χ2v) is 5.66. The Labute approximate surface area is 145 Å². The fraction of sp³-hybridized carbons (Fsp3) is 0.211. The number of urea groups is 1. The zero-order chi connectivity index (χ0) is 17.8. The third kappa shape index (κ3) is 3.38. The van der Waals surface area contributed by atoms with E-state index in [-0.39, 0.29) is 13.2 Å². The quantitative estimate of drug-likeness (QED) is 0.600. The molecule has 3 rings (SSSR count). The summed E-state index contributed by atoms with van der Waals surface area (Å²) in [6.07, 6.45) is 0. The summed E-state index contributed by atoms with van der Waals surface area (Å²) in [5.74, 6) is -0.979. The highest BCUT2D eigenvalue weighted by molar-refractivity contribution is 6.44. The van der Waals surface area contributed by atoms with Gasteiger partial charge in [0.15, 0.2) is 0 Å². The van der Waals surface area contributed by atoms with Crippen LogP contribution >= 0.6 is 0 Å². The summed E-state index contributed by atoms with van der Waals surface area (Å²) in [5.41, 5.74) is 0.791. The van der Waals surface area contributed by atoms with Gasteiger partial charge in [-0.05, 0) is 24.6 Å². The van der Waals surface area contributed by atoms with Crippen LogP contribution in [0.4, 0.5) is 4.79 Å². The van der Waals surface area contributed by atoms with E-state index in [2.05, 4.69) is 0 Å². The number of hydrogen-bond acceptors (Lipinski definition) is 4. The van der Waals surface area contributed by atoms with Gasteiger partial charge in [-0.1, -0.05) is 48.5 Å². The molecule has 1 saturated heterocycles. The fourth-order valence-corrected chi connectivity index (χ4v) is 2.71. The lowest BCUT2D eigenvalue weighted by molar-refractivity contribution is -0.144. The zero-order valence-electron chi connectivity index (χ0n) is 13.8. The number of carbonyl (C=O) groups excluding carboxylic acids is 3. The van der Waals surface area contributed by atoms with Crippen molar-refractivity contribution >= 4 is 17.8 Å². The zero-order valence-corrected chi connectivity index (χ0v) is 13.8. The lowest BCUT2D eigenvalue weighted by Gasteiger charge is -2.22. The molecule has 0 aromatic heterocycles. The second-order valence-electron chi connectivity index (χ2n) is 5.66. The number of nitrogens with zero attached hydrogens (tertiary/aromatic N) is 2. The number of imide groups is 2. The minimum atomic E-state index is -0.815. The van der Waals surface area contributed by atoms with Gasteiger partial charge in [-0.2, -0.15) is 0 Å². The Bertz CT molecular complexity index is 777. The van der Waals surface area contributed by atoms with Crippen LogP contribution in [-0.2, 0) is 9.59 Å². The Balaban J connectivity index is 1.67. The molecule has 1 heterocycles. The van der Waals surface area contributed by atoms with Crippen molar-refractivity contribution < 1.29 is 19.1 Å².